The van der Waals surface area contributed by atoms with Gasteiger partial charge in [-0.05, 0) is 92.3 Å². The molecule has 3 aliphatic rings. The molecule has 0 saturated carbocycles. The predicted octanol–water partition coefficient (Wildman–Crippen LogP) is -4.52. The summed E-state index contributed by atoms with van der Waals surface area (Å²) in [6, 6.07) is -6.27. The van der Waals surface area contributed by atoms with E-state index in [0.717, 1.165) is 26.6 Å². The number of H-pyrrole nitrogens is 1. The van der Waals surface area contributed by atoms with Crippen LogP contribution < -0.4 is 75.7 Å². The van der Waals surface area contributed by atoms with Crippen LogP contribution in [-0.2, 0) is 126 Å². The SMILES string of the molecule is CCCC[C@H]1C(=O)N(C)[C@@H](CCCC)C(=O)N[C@@H](CC(C)C)C(=O)N[C@H](C(=O)NCC(N)=O)CNCC(=O)N[C@@H](Cc2ccc(O)cc2)C(=O)N(C)[C@@H](C)C(=O)N[C@@H](CC(=O)O)C(=O)N2CCC[C@H]2C(=O)N[C@@H](CCC(N)=O)C(=O)N[C@@H](CC(=O)O)C(=O)N2C[C@H](O)C[C@H]2C(=O)N[C@@H](Cc2c[nH]c3ccccc23)C(=O)N[C@@H](CC(N)=O)C(=O)N[C@@H](Cc2cn(CC(=O)O)c3ccccc23)C(=O)N1C. The number of aromatic hydroxyl groups is 1. The smallest absolute Gasteiger partial charge is 0.323 e. The van der Waals surface area contributed by atoms with E-state index in [1.807, 2.05) is 0 Å². The van der Waals surface area contributed by atoms with Gasteiger partial charge in [0.1, 0.15) is 96.9 Å². The van der Waals surface area contributed by atoms with Crippen LogP contribution in [0.2, 0.25) is 0 Å². The summed E-state index contributed by atoms with van der Waals surface area (Å²) in [6.07, 6.45) is -4.49. The molecule has 18 amide bonds. The molecule has 15 atom stereocenters. The van der Waals surface area contributed by atoms with E-state index in [9.17, 15) is 92.7 Å². The standard InChI is InChI=1S/C91H125N21O26/c1-9-11-21-67-84(131)101-58(32-47(3)4)81(128)106-65(79(126)97-42-73(94)117)41-95-43-74(118)98-61(33-49-25-27-52(113)28-26-49)87(134)107(6)48(5)78(125)103-63(38-75(119)120)89(136)111-31-17-24-68(111)85(132)99-57(29-30-71(92)115)80(127)105-64(39-76(121)122)90(137)112-45-53(114)36-70(112)86(133)102-59(34-50-40-96-56-20-15-13-18-54(50)56)82(129)100-60(37-72(93)116)83(130)104-62(88(135)109(8)69(22-12-10-2)91(138)108(67)7)35-51-44-110(46-77(123)124)66-23-16-14-19-55(51)66/h13-16,18-20,23,25-28,40,44,47-48,53,57-65,67-70,95-96,113-114H,9-12,17,21-22,24,29-39,41-43,45-46H2,1-8H3,(H2,92,115)(H2,93,116)(H2,94,117)(H,97,126)(H,98,118)(H,99,132)(H,100,129)(H,101,131)(H,102,133)(H,103,125)(H,104,130)(H,105,127)(H,106,128)(H,119,120)(H,121,122)(H,123,124)/t48-,53+,57-,58-,59-,60-,61-,62-,63-,64-,65-,67-,68-,69-,70-/m0/s1. The minimum absolute atomic E-state index is 0.0312. The van der Waals surface area contributed by atoms with Crippen LogP contribution in [0.15, 0.2) is 85.2 Å². The molecule has 0 bridgehead atoms. The number of phenolic OH excluding ortho intramolecular Hbond substituents is 1. The van der Waals surface area contributed by atoms with Crippen LogP contribution >= 0.6 is 0 Å². The lowest BCUT2D eigenvalue weighted by atomic mass is 9.99. The number of nitrogens with two attached hydrogens (primary N) is 3. The number of phenols is 1. The molecule has 138 heavy (non-hydrogen) atoms. The van der Waals surface area contributed by atoms with Crippen molar-refractivity contribution in [2.24, 2.45) is 23.1 Å². The van der Waals surface area contributed by atoms with Gasteiger partial charge >= 0.3 is 17.9 Å². The number of aromatic nitrogens is 2. The lowest BCUT2D eigenvalue weighted by Crippen LogP contribution is -2.61. The number of amides is 18. The zero-order valence-electron chi connectivity index (χ0n) is 78.0. The van der Waals surface area contributed by atoms with Gasteiger partial charge in [0.15, 0.2) is 0 Å². The Hall–Kier alpha value is -14.7. The lowest BCUT2D eigenvalue weighted by molar-refractivity contribution is -0.149. The van der Waals surface area contributed by atoms with Gasteiger partial charge in [-0.15, -0.1) is 0 Å². The third-order valence-corrected chi connectivity index (χ3v) is 24.2. The first-order valence-electron chi connectivity index (χ1n) is 45.5. The van der Waals surface area contributed by atoms with Crippen LogP contribution in [0, 0.1) is 5.92 Å². The topological polar surface area (TPSA) is 707 Å². The molecule has 3 saturated heterocycles. The van der Waals surface area contributed by atoms with Crippen molar-refractivity contribution in [1.29, 1.82) is 0 Å². The largest absolute Gasteiger partial charge is 0.508 e. The van der Waals surface area contributed by atoms with E-state index in [1.165, 1.54) is 62.2 Å². The van der Waals surface area contributed by atoms with Crippen molar-refractivity contribution in [2.45, 2.75) is 247 Å². The molecule has 3 aliphatic heterocycles. The fourth-order valence-electron chi connectivity index (χ4n) is 16.9. The normalized spacial score (nSPS) is 24.4. The number of carbonyl (C=O) groups excluding carboxylic acids is 18. The summed E-state index contributed by atoms with van der Waals surface area (Å²) >= 11 is 0. The van der Waals surface area contributed by atoms with Crippen molar-refractivity contribution in [3.8, 4) is 5.75 Å². The Morgan fingerprint density at radius 1 is 0.507 bits per heavy atom. The molecular weight excluding hydrogens is 1800 g/mol. The summed E-state index contributed by atoms with van der Waals surface area (Å²) in [6.45, 7) is 4.43. The number of likely N-dealkylation sites (N-methyl/N-ethyl adjacent to an activating group) is 3. The second-order valence-electron chi connectivity index (χ2n) is 35.2. The van der Waals surface area contributed by atoms with Gasteiger partial charge in [0.2, 0.25) is 106 Å². The first-order chi connectivity index (χ1) is 65.3. The molecular formula is C91H125N21O26. The van der Waals surface area contributed by atoms with Crippen LogP contribution in [0.1, 0.15) is 148 Å². The Balaban J connectivity index is 1.23. The van der Waals surface area contributed by atoms with Gasteiger partial charge < -0.3 is 135 Å². The van der Waals surface area contributed by atoms with Crippen molar-refractivity contribution in [3.63, 3.8) is 0 Å². The molecule has 0 spiro atoms. The monoisotopic (exact) mass is 1930 g/mol. The maximum atomic E-state index is 15.9. The molecule has 2 aromatic heterocycles. The Morgan fingerprint density at radius 3 is 1.67 bits per heavy atom. The number of carboxylic acids is 3. The Morgan fingerprint density at radius 2 is 1.04 bits per heavy atom. The number of aliphatic hydroxyl groups excluding tert-OH is 1. The molecule has 5 aromatic rings. The number of hydrogen-bond donors (Lipinski definition) is 20. The number of aliphatic hydroxyl groups is 1. The predicted molar refractivity (Wildman–Crippen MR) is 491 cm³/mol. The summed E-state index contributed by atoms with van der Waals surface area (Å²) < 4.78 is 1.36. The highest BCUT2D eigenvalue weighted by Crippen LogP contribution is 2.29. The van der Waals surface area contributed by atoms with E-state index in [-0.39, 0.29) is 69.2 Å². The molecule has 5 heterocycles. The number of benzene rings is 3. The molecule has 47 nitrogen and oxygen atoms in total. The zero-order chi connectivity index (χ0) is 102. The molecule has 0 aliphatic carbocycles. The number of aliphatic carboxylic acids is 3. The first kappa shape index (κ1) is 109. The van der Waals surface area contributed by atoms with E-state index in [1.54, 1.807) is 76.2 Å². The van der Waals surface area contributed by atoms with Crippen molar-refractivity contribution in [2.75, 3.05) is 53.9 Å². The minimum Gasteiger partial charge on any atom is -0.508 e. The molecule has 23 N–H and O–H groups in total. The molecule has 47 heteroatoms. The quantitative estimate of drug-likeness (QED) is 0.0224. The highest BCUT2D eigenvalue weighted by atomic mass is 16.4. The van der Waals surface area contributed by atoms with Crippen LogP contribution in [0.5, 0.6) is 5.75 Å². The second kappa shape index (κ2) is 50.8. The van der Waals surface area contributed by atoms with Gasteiger partial charge in [-0.2, -0.15) is 0 Å². The summed E-state index contributed by atoms with van der Waals surface area (Å²) in [5.41, 5.74) is 18.6. The summed E-state index contributed by atoms with van der Waals surface area (Å²) in [5, 5.41) is 80.7. The summed E-state index contributed by atoms with van der Waals surface area (Å²) in [5.74, 6) is -25.2. The van der Waals surface area contributed by atoms with Crippen LogP contribution in [0.4, 0.5) is 0 Å². The number of primary amides is 3. The van der Waals surface area contributed by atoms with E-state index in [2.05, 4.69) is 63.5 Å². The van der Waals surface area contributed by atoms with Gasteiger partial charge in [0.25, 0.3) is 0 Å². The Bertz CT molecular complexity index is 5330. The fourth-order valence-corrected chi connectivity index (χ4v) is 16.9. The maximum Gasteiger partial charge on any atom is 0.323 e. The third kappa shape index (κ3) is 30.4. The molecule has 0 unspecified atom stereocenters. The van der Waals surface area contributed by atoms with Crippen molar-refractivity contribution in [1.82, 2.24) is 92.5 Å². The van der Waals surface area contributed by atoms with Gasteiger partial charge in [0, 0.05) is 107 Å². The first-order valence-corrected chi connectivity index (χ1v) is 45.5. The van der Waals surface area contributed by atoms with Gasteiger partial charge in [-0.1, -0.05) is 102 Å². The number of unbranched alkanes of at least 4 members (excludes halogenated alkanes) is 2. The van der Waals surface area contributed by atoms with Crippen molar-refractivity contribution < 1.29 is 126 Å². The van der Waals surface area contributed by atoms with Gasteiger partial charge in [-0.3, -0.25) is 101 Å². The molecule has 750 valence electrons. The highest BCUT2D eigenvalue weighted by Gasteiger charge is 2.47. The lowest BCUT2D eigenvalue weighted by Gasteiger charge is -2.36. The molecule has 3 aromatic carbocycles. The van der Waals surface area contributed by atoms with E-state index in [0.29, 0.717) is 50.7 Å². The van der Waals surface area contributed by atoms with Gasteiger partial charge in [-0.25, -0.2) is 0 Å². The number of rotatable bonds is 28. The minimum atomic E-state index is -2.20. The number of carbonyl (C=O) groups is 21. The number of hydrogen-bond acceptors (Lipinski definition) is 24. The summed E-state index contributed by atoms with van der Waals surface area (Å²) in [4.78, 5) is 308. The molecule has 3 fully saturated rings. The van der Waals surface area contributed by atoms with E-state index in [4.69, 9.17) is 17.2 Å². The number of carboxylic acid groups (broad SMARTS) is 3. The van der Waals surface area contributed by atoms with Crippen LogP contribution in [0.25, 0.3) is 21.8 Å². The average Bonchev–Trinajstić information content (AvgIpc) is 1.63. The number of fused-ring (bicyclic) bond motifs is 4. The second-order valence-corrected chi connectivity index (χ2v) is 35.2. The molecule has 0 radical (unpaired) electrons. The zero-order valence-corrected chi connectivity index (χ0v) is 78.0. The molecule has 8 rings (SSSR count). The fraction of sp³-hybridized carbons (Fsp3) is 0.527. The summed E-state index contributed by atoms with van der Waals surface area (Å²) in [7, 11) is 3.68. The number of nitrogens with zero attached hydrogens (tertiary/aromatic N) is 6. The van der Waals surface area contributed by atoms with Crippen LogP contribution in [0.3, 0.4) is 0 Å². The van der Waals surface area contributed by atoms with Gasteiger partial charge in [0.05, 0.1) is 38.5 Å². The number of aromatic amines is 1. The average molecular weight is 1930 g/mol. The number of para-hydroxylation sites is 2. The van der Waals surface area contributed by atoms with E-state index >= 15 is 33.6 Å². The highest BCUT2D eigenvalue weighted by molar-refractivity contribution is 6.03. The van der Waals surface area contributed by atoms with Crippen molar-refractivity contribution >= 4 is 146 Å². The Kier molecular flexibility index (Phi) is 40.0. The Labute approximate surface area is 793 Å². The van der Waals surface area contributed by atoms with Crippen LogP contribution in [-0.4, -0.2) is 328 Å². The third-order valence-electron chi connectivity index (χ3n) is 24.2. The number of nitrogens with one attached hydrogen (secondary N) is 12. The maximum absolute atomic E-state index is 15.9. The van der Waals surface area contributed by atoms with Crippen molar-refractivity contribution in [3.05, 3.63) is 102 Å². The van der Waals surface area contributed by atoms with E-state index < -0.39 is 305 Å².